The first kappa shape index (κ1) is 24.1. The van der Waals surface area contributed by atoms with Gasteiger partial charge in [-0.05, 0) is 73.7 Å². The molecule has 0 saturated carbocycles. The van der Waals surface area contributed by atoms with E-state index in [-0.39, 0.29) is 11.9 Å². The van der Waals surface area contributed by atoms with Gasteiger partial charge in [-0.1, -0.05) is 77.3 Å². The van der Waals surface area contributed by atoms with Crippen molar-refractivity contribution < 1.29 is 4.79 Å². The molecule has 1 amide bonds. The summed E-state index contributed by atoms with van der Waals surface area (Å²) in [4.78, 5) is 15.4. The van der Waals surface area contributed by atoms with E-state index in [0.717, 1.165) is 37.3 Å². The van der Waals surface area contributed by atoms with Crippen molar-refractivity contribution in [1.29, 1.82) is 0 Å². The predicted octanol–water partition coefficient (Wildman–Crippen LogP) is 6.70. The van der Waals surface area contributed by atoms with E-state index < -0.39 is 0 Å². The minimum absolute atomic E-state index is 0.0160. The number of nitrogens with zero attached hydrogens (tertiary/aromatic N) is 1. The molecule has 0 bridgehead atoms. The lowest BCUT2D eigenvalue weighted by Crippen LogP contribution is -2.52. The van der Waals surface area contributed by atoms with E-state index in [4.69, 9.17) is 34.8 Å². The fourth-order valence-electron chi connectivity index (χ4n) is 4.54. The third-order valence-electron chi connectivity index (χ3n) is 6.14. The molecule has 0 aliphatic carbocycles. The van der Waals surface area contributed by atoms with E-state index in [1.165, 1.54) is 11.1 Å². The number of piperidine rings is 1. The van der Waals surface area contributed by atoms with Crippen molar-refractivity contribution in [3.8, 4) is 0 Å². The topological polar surface area (TPSA) is 32.3 Å². The van der Waals surface area contributed by atoms with Crippen LogP contribution in [0.15, 0.2) is 72.8 Å². The maximum Gasteiger partial charge on any atom is 0.254 e. The first-order valence-electron chi connectivity index (χ1n) is 11.3. The number of amides is 1. The van der Waals surface area contributed by atoms with Crippen LogP contribution >= 0.6 is 34.8 Å². The minimum atomic E-state index is -0.0160. The minimum Gasteiger partial charge on any atom is -0.335 e. The van der Waals surface area contributed by atoms with Gasteiger partial charge in [0.1, 0.15) is 0 Å². The number of benzene rings is 3. The van der Waals surface area contributed by atoms with Crippen molar-refractivity contribution in [1.82, 2.24) is 10.2 Å². The standard InChI is InChI=1S/C27H27Cl3N2O/c28-22-8-4-7-20(13-22)9-11-31-25-10-12-32(26(18-25)14-19-5-2-1-3-6-19)27(33)21-15-23(29)17-24(30)16-21/h1-8,13,15-17,25-26,31H,9-12,14,18H2/t25-,26-/m0/s1. The molecular formula is C27H27Cl3N2O. The van der Waals surface area contributed by atoms with Gasteiger partial charge >= 0.3 is 0 Å². The Labute approximate surface area is 210 Å². The summed E-state index contributed by atoms with van der Waals surface area (Å²) < 4.78 is 0. The molecule has 172 valence electrons. The van der Waals surface area contributed by atoms with Crippen LogP contribution in [0.2, 0.25) is 15.1 Å². The Morgan fingerprint density at radius 1 is 0.879 bits per heavy atom. The lowest BCUT2D eigenvalue weighted by atomic mass is 9.91. The monoisotopic (exact) mass is 500 g/mol. The molecular weight excluding hydrogens is 475 g/mol. The summed E-state index contributed by atoms with van der Waals surface area (Å²) >= 11 is 18.4. The SMILES string of the molecule is O=C(c1cc(Cl)cc(Cl)c1)N1CC[C@H](NCCc2cccc(Cl)c2)C[C@@H]1Cc1ccccc1. The van der Waals surface area contributed by atoms with Crippen molar-refractivity contribution in [2.45, 2.75) is 37.8 Å². The Kier molecular flexibility index (Phi) is 8.32. The van der Waals surface area contributed by atoms with E-state index in [0.29, 0.717) is 28.2 Å². The van der Waals surface area contributed by atoms with Crippen molar-refractivity contribution in [3.05, 3.63) is 105 Å². The number of hydrogen-bond acceptors (Lipinski definition) is 2. The number of nitrogens with one attached hydrogen (secondary N) is 1. The first-order valence-corrected chi connectivity index (χ1v) is 12.4. The van der Waals surface area contributed by atoms with Gasteiger partial charge in [-0.25, -0.2) is 0 Å². The Morgan fingerprint density at radius 2 is 1.61 bits per heavy atom. The molecule has 1 heterocycles. The first-order chi connectivity index (χ1) is 16.0. The fourth-order valence-corrected chi connectivity index (χ4v) is 5.28. The highest BCUT2D eigenvalue weighted by Gasteiger charge is 2.32. The summed E-state index contributed by atoms with van der Waals surface area (Å²) in [5, 5.41) is 5.42. The average molecular weight is 502 g/mol. The number of halogens is 3. The van der Waals surface area contributed by atoms with Gasteiger partial charge in [-0.3, -0.25) is 4.79 Å². The summed E-state index contributed by atoms with van der Waals surface area (Å²) in [6.07, 6.45) is 3.53. The second kappa shape index (κ2) is 11.4. The Morgan fingerprint density at radius 3 is 2.33 bits per heavy atom. The van der Waals surface area contributed by atoms with Gasteiger partial charge < -0.3 is 10.2 Å². The van der Waals surface area contributed by atoms with E-state index in [2.05, 4.69) is 23.5 Å². The average Bonchev–Trinajstić information content (AvgIpc) is 2.79. The van der Waals surface area contributed by atoms with Gasteiger partial charge in [0, 0.05) is 39.3 Å². The second-order valence-electron chi connectivity index (χ2n) is 8.56. The highest BCUT2D eigenvalue weighted by Crippen LogP contribution is 2.26. The highest BCUT2D eigenvalue weighted by molar-refractivity contribution is 6.35. The molecule has 4 rings (SSSR count). The normalized spacial score (nSPS) is 18.3. The van der Waals surface area contributed by atoms with Crippen LogP contribution < -0.4 is 5.32 Å². The number of carbonyl (C=O) groups is 1. The third-order valence-corrected chi connectivity index (χ3v) is 6.81. The molecule has 1 N–H and O–H groups in total. The van der Waals surface area contributed by atoms with Gasteiger partial charge in [0.15, 0.2) is 0 Å². The van der Waals surface area contributed by atoms with Crippen LogP contribution in [-0.2, 0) is 12.8 Å². The molecule has 6 heteroatoms. The molecule has 0 spiro atoms. The Balaban J connectivity index is 1.45. The molecule has 0 aromatic heterocycles. The zero-order chi connectivity index (χ0) is 23.2. The number of hydrogen-bond donors (Lipinski definition) is 1. The zero-order valence-electron chi connectivity index (χ0n) is 18.3. The van der Waals surface area contributed by atoms with Crippen LogP contribution in [0.4, 0.5) is 0 Å². The van der Waals surface area contributed by atoms with Gasteiger partial charge in [0.05, 0.1) is 0 Å². The molecule has 2 atom stereocenters. The summed E-state index contributed by atoms with van der Waals surface area (Å²) in [5.41, 5.74) is 2.99. The maximum atomic E-state index is 13.4. The Bertz CT molecular complexity index is 1070. The quantitative estimate of drug-likeness (QED) is 0.391. The van der Waals surface area contributed by atoms with Crippen LogP contribution in [0, 0.1) is 0 Å². The summed E-state index contributed by atoms with van der Waals surface area (Å²) in [6, 6.07) is 23.8. The molecule has 0 radical (unpaired) electrons. The van der Waals surface area contributed by atoms with Crippen molar-refractivity contribution in [3.63, 3.8) is 0 Å². The molecule has 3 aromatic carbocycles. The number of carbonyl (C=O) groups excluding carboxylic acids is 1. The summed E-state index contributed by atoms with van der Waals surface area (Å²) in [6.45, 7) is 1.57. The van der Waals surface area contributed by atoms with E-state index in [9.17, 15) is 4.79 Å². The molecule has 3 nitrogen and oxygen atoms in total. The molecule has 3 aromatic rings. The van der Waals surface area contributed by atoms with E-state index in [1.54, 1.807) is 18.2 Å². The Hall–Kier alpha value is -2.04. The fraction of sp³-hybridized carbons (Fsp3) is 0.296. The van der Waals surface area contributed by atoms with Crippen molar-refractivity contribution in [2.24, 2.45) is 0 Å². The lowest BCUT2D eigenvalue weighted by Gasteiger charge is -2.40. The third kappa shape index (κ3) is 6.74. The molecule has 33 heavy (non-hydrogen) atoms. The van der Waals surface area contributed by atoms with Gasteiger partial charge in [0.25, 0.3) is 5.91 Å². The van der Waals surface area contributed by atoms with Crippen LogP contribution in [-0.4, -0.2) is 36.0 Å². The van der Waals surface area contributed by atoms with Crippen molar-refractivity contribution in [2.75, 3.05) is 13.1 Å². The summed E-state index contributed by atoms with van der Waals surface area (Å²) in [7, 11) is 0. The molecule has 1 saturated heterocycles. The van der Waals surface area contributed by atoms with E-state index in [1.807, 2.05) is 41.3 Å². The van der Waals surface area contributed by atoms with Gasteiger partial charge in [-0.2, -0.15) is 0 Å². The smallest absolute Gasteiger partial charge is 0.254 e. The number of rotatable bonds is 7. The molecule has 1 aliphatic rings. The summed E-state index contributed by atoms with van der Waals surface area (Å²) in [5.74, 6) is -0.0160. The highest BCUT2D eigenvalue weighted by atomic mass is 35.5. The molecule has 1 fully saturated rings. The van der Waals surface area contributed by atoms with Crippen LogP contribution in [0.1, 0.15) is 34.3 Å². The zero-order valence-corrected chi connectivity index (χ0v) is 20.6. The van der Waals surface area contributed by atoms with Crippen LogP contribution in [0.3, 0.4) is 0 Å². The van der Waals surface area contributed by atoms with Crippen LogP contribution in [0.25, 0.3) is 0 Å². The second-order valence-corrected chi connectivity index (χ2v) is 9.86. The predicted molar refractivity (Wildman–Crippen MR) is 138 cm³/mol. The van der Waals surface area contributed by atoms with Gasteiger partial charge in [-0.15, -0.1) is 0 Å². The van der Waals surface area contributed by atoms with Gasteiger partial charge in [0.2, 0.25) is 0 Å². The maximum absolute atomic E-state index is 13.4. The van der Waals surface area contributed by atoms with Crippen molar-refractivity contribution >= 4 is 40.7 Å². The lowest BCUT2D eigenvalue weighted by molar-refractivity contribution is 0.0578. The van der Waals surface area contributed by atoms with E-state index >= 15 is 0 Å². The molecule has 0 unspecified atom stereocenters. The number of likely N-dealkylation sites (tertiary alicyclic amines) is 1. The molecule has 1 aliphatic heterocycles. The largest absolute Gasteiger partial charge is 0.335 e. The van der Waals surface area contributed by atoms with Crippen LogP contribution in [0.5, 0.6) is 0 Å².